The molecule has 3 aromatic rings. The van der Waals surface area contributed by atoms with Crippen molar-refractivity contribution in [2.45, 2.75) is 36.1 Å². The van der Waals surface area contributed by atoms with E-state index in [-0.39, 0.29) is 17.3 Å². The van der Waals surface area contributed by atoms with E-state index in [4.69, 9.17) is 0 Å². The molecule has 0 heterocycles. The molecular formula is C28H33N3O4S2. The van der Waals surface area contributed by atoms with E-state index < -0.39 is 28.5 Å². The highest BCUT2D eigenvalue weighted by Gasteiger charge is 2.32. The van der Waals surface area contributed by atoms with Crippen LogP contribution in [0.2, 0.25) is 0 Å². The molecule has 0 saturated carbocycles. The summed E-state index contributed by atoms with van der Waals surface area (Å²) in [6.45, 7) is 3.38. The van der Waals surface area contributed by atoms with Gasteiger partial charge in [-0.2, -0.15) is 0 Å². The van der Waals surface area contributed by atoms with E-state index in [2.05, 4.69) is 5.32 Å². The van der Waals surface area contributed by atoms with Gasteiger partial charge in [-0.1, -0.05) is 48.0 Å². The molecule has 9 heteroatoms. The molecule has 0 saturated heterocycles. The van der Waals surface area contributed by atoms with Crippen LogP contribution in [0.15, 0.2) is 88.7 Å². The van der Waals surface area contributed by atoms with Crippen LogP contribution < -0.4 is 9.62 Å². The van der Waals surface area contributed by atoms with Crippen molar-refractivity contribution in [2.24, 2.45) is 0 Å². The van der Waals surface area contributed by atoms with Crippen LogP contribution in [0, 0.1) is 6.92 Å². The fraction of sp³-hybridized carbons (Fsp3) is 0.286. The lowest BCUT2D eigenvalue weighted by Gasteiger charge is -2.31. The van der Waals surface area contributed by atoms with E-state index in [1.165, 1.54) is 23.7 Å². The molecule has 0 bridgehead atoms. The number of anilines is 1. The molecule has 196 valence electrons. The lowest BCUT2D eigenvalue weighted by atomic mass is 10.1. The topological polar surface area (TPSA) is 86.8 Å². The molecule has 3 aromatic carbocycles. The number of amides is 2. The minimum absolute atomic E-state index is 0.0915. The van der Waals surface area contributed by atoms with Gasteiger partial charge in [0.25, 0.3) is 10.0 Å². The number of aryl methyl sites for hydroxylation is 1. The molecule has 0 aliphatic rings. The quantitative estimate of drug-likeness (QED) is 0.371. The van der Waals surface area contributed by atoms with Gasteiger partial charge in [-0.15, -0.1) is 11.8 Å². The standard InChI is InChI=1S/C28H33N3O4S2/c1-21-10-12-24(13-11-21)31(37(34,35)26-16-14-25(36-4)15-17-26)20-27(32)30(22(2)28(33)29-3)19-18-23-8-6-5-7-9-23/h5-17,22H,18-20H2,1-4H3,(H,29,33)/t22-/m1/s1. The number of hydrogen-bond acceptors (Lipinski definition) is 5. The van der Waals surface area contributed by atoms with Crippen molar-refractivity contribution >= 4 is 39.3 Å². The van der Waals surface area contributed by atoms with E-state index in [1.54, 1.807) is 55.5 Å². The molecule has 2 amide bonds. The van der Waals surface area contributed by atoms with Crippen molar-refractivity contribution in [3.05, 3.63) is 90.0 Å². The van der Waals surface area contributed by atoms with Gasteiger partial charge in [-0.25, -0.2) is 8.42 Å². The molecule has 1 atom stereocenters. The van der Waals surface area contributed by atoms with E-state index >= 15 is 0 Å². The fourth-order valence-electron chi connectivity index (χ4n) is 3.89. The largest absolute Gasteiger partial charge is 0.357 e. The molecule has 3 rings (SSSR count). The van der Waals surface area contributed by atoms with Gasteiger partial charge in [-0.05, 0) is 68.5 Å². The molecular weight excluding hydrogens is 506 g/mol. The maximum Gasteiger partial charge on any atom is 0.264 e. The average Bonchev–Trinajstić information content (AvgIpc) is 2.92. The number of nitrogens with zero attached hydrogens (tertiary/aromatic N) is 2. The summed E-state index contributed by atoms with van der Waals surface area (Å²) in [5.74, 6) is -0.782. The highest BCUT2D eigenvalue weighted by Crippen LogP contribution is 2.26. The molecule has 37 heavy (non-hydrogen) atoms. The predicted molar refractivity (Wildman–Crippen MR) is 149 cm³/mol. The first kappa shape index (κ1) is 28.3. The first-order valence-electron chi connectivity index (χ1n) is 12.0. The summed E-state index contributed by atoms with van der Waals surface area (Å²) >= 11 is 1.51. The SMILES string of the molecule is CNC(=O)[C@@H](C)N(CCc1ccccc1)C(=O)CN(c1ccc(C)cc1)S(=O)(=O)c1ccc(SC)cc1. The Morgan fingerprint density at radius 2 is 1.57 bits per heavy atom. The summed E-state index contributed by atoms with van der Waals surface area (Å²) in [6.07, 6.45) is 2.44. The van der Waals surface area contributed by atoms with Gasteiger partial charge in [0.15, 0.2) is 0 Å². The van der Waals surface area contributed by atoms with Crippen LogP contribution >= 0.6 is 11.8 Å². The summed E-state index contributed by atoms with van der Waals surface area (Å²) in [4.78, 5) is 28.7. The Hall–Kier alpha value is -3.30. The summed E-state index contributed by atoms with van der Waals surface area (Å²) < 4.78 is 28.7. The second-order valence-electron chi connectivity index (χ2n) is 8.64. The van der Waals surface area contributed by atoms with Crippen molar-refractivity contribution < 1.29 is 18.0 Å². The van der Waals surface area contributed by atoms with Crippen molar-refractivity contribution in [3.8, 4) is 0 Å². The summed E-state index contributed by atoms with van der Waals surface area (Å²) in [7, 11) is -2.55. The summed E-state index contributed by atoms with van der Waals surface area (Å²) in [6, 6.07) is 22.4. The third-order valence-electron chi connectivity index (χ3n) is 6.15. The minimum atomic E-state index is -4.06. The minimum Gasteiger partial charge on any atom is -0.357 e. The lowest BCUT2D eigenvalue weighted by Crippen LogP contribution is -2.51. The highest BCUT2D eigenvalue weighted by molar-refractivity contribution is 7.98. The zero-order chi connectivity index (χ0) is 27.0. The molecule has 0 spiro atoms. The number of thioether (sulfide) groups is 1. The molecule has 0 aromatic heterocycles. The molecule has 0 fully saturated rings. The molecule has 0 unspecified atom stereocenters. The van der Waals surface area contributed by atoms with E-state index in [1.807, 2.05) is 43.5 Å². The van der Waals surface area contributed by atoms with Crippen LogP contribution in [0.4, 0.5) is 5.69 Å². The van der Waals surface area contributed by atoms with Crippen molar-refractivity contribution in [1.82, 2.24) is 10.2 Å². The van der Waals surface area contributed by atoms with Crippen molar-refractivity contribution in [2.75, 3.05) is 30.7 Å². The van der Waals surface area contributed by atoms with Gasteiger partial charge in [0.2, 0.25) is 11.8 Å². The van der Waals surface area contributed by atoms with Gasteiger partial charge >= 0.3 is 0 Å². The highest BCUT2D eigenvalue weighted by atomic mass is 32.2. The Kier molecular flexibility index (Phi) is 9.77. The Balaban J connectivity index is 1.96. The maximum atomic E-state index is 13.8. The van der Waals surface area contributed by atoms with Crippen LogP contribution in [-0.4, -0.2) is 57.6 Å². The molecule has 7 nitrogen and oxygen atoms in total. The van der Waals surface area contributed by atoms with Crippen molar-refractivity contribution in [1.29, 1.82) is 0 Å². The molecule has 0 radical (unpaired) electrons. The first-order chi connectivity index (χ1) is 17.7. The zero-order valence-corrected chi connectivity index (χ0v) is 23.2. The predicted octanol–water partition coefficient (Wildman–Crippen LogP) is 4.12. The molecule has 0 aliphatic heterocycles. The van der Waals surface area contributed by atoms with Crippen LogP contribution in [0.25, 0.3) is 0 Å². The number of nitrogens with one attached hydrogen (secondary N) is 1. The van der Waals surface area contributed by atoms with Gasteiger partial charge in [0.1, 0.15) is 12.6 Å². The summed E-state index contributed by atoms with van der Waals surface area (Å²) in [5.41, 5.74) is 2.36. The lowest BCUT2D eigenvalue weighted by molar-refractivity contribution is -0.138. The number of sulfonamides is 1. The zero-order valence-electron chi connectivity index (χ0n) is 21.5. The first-order valence-corrected chi connectivity index (χ1v) is 14.6. The smallest absolute Gasteiger partial charge is 0.264 e. The normalized spacial score (nSPS) is 12.0. The van der Waals surface area contributed by atoms with Gasteiger partial charge in [-0.3, -0.25) is 13.9 Å². The maximum absolute atomic E-state index is 13.8. The Bertz CT molecular complexity index is 1300. The Morgan fingerprint density at radius 1 is 0.946 bits per heavy atom. The van der Waals surface area contributed by atoms with Gasteiger partial charge in [0.05, 0.1) is 10.6 Å². The van der Waals surface area contributed by atoms with Crippen LogP contribution in [0.1, 0.15) is 18.1 Å². The van der Waals surface area contributed by atoms with Gasteiger partial charge < -0.3 is 10.2 Å². The number of likely N-dealkylation sites (N-methyl/N-ethyl adjacent to an activating group) is 1. The van der Waals surface area contributed by atoms with Gasteiger partial charge in [0, 0.05) is 18.5 Å². The van der Waals surface area contributed by atoms with E-state index in [0.717, 1.165) is 20.3 Å². The van der Waals surface area contributed by atoms with Crippen LogP contribution in [-0.2, 0) is 26.0 Å². The number of rotatable bonds is 11. The average molecular weight is 540 g/mol. The Labute approximate surface area is 223 Å². The van der Waals surface area contributed by atoms with Crippen molar-refractivity contribution in [3.63, 3.8) is 0 Å². The molecule has 1 N–H and O–H groups in total. The summed E-state index contributed by atoms with van der Waals surface area (Å²) in [5, 5.41) is 2.59. The second kappa shape index (κ2) is 12.8. The van der Waals surface area contributed by atoms with E-state index in [0.29, 0.717) is 12.1 Å². The number of hydrogen-bond donors (Lipinski definition) is 1. The molecule has 0 aliphatic carbocycles. The second-order valence-corrected chi connectivity index (χ2v) is 11.4. The Morgan fingerprint density at radius 3 is 2.14 bits per heavy atom. The number of benzene rings is 3. The van der Waals surface area contributed by atoms with Crippen LogP contribution in [0.3, 0.4) is 0 Å². The number of carbonyl (C=O) groups excluding carboxylic acids is 2. The number of carbonyl (C=O) groups is 2. The monoisotopic (exact) mass is 539 g/mol. The fourth-order valence-corrected chi connectivity index (χ4v) is 5.72. The van der Waals surface area contributed by atoms with E-state index in [9.17, 15) is 18.0 Å². The third-order valence-corrected chi connectivity index (χ3v) is 8.68. The third kappa shape index (κ3) is 7.14. The van der Waals surface area contributed by atoms with Crippen LogP contribution in [0.5, 0.6) is 0 Å².